The maximum Gasteiger partial charge on any atom is 0.319 e. The van der Waals surface area contributed by atoms with Crippen LogP contribution < -0.4 is 14.4 Å². The Labute approximate surface area is 99.2 Å². The average Bonchev–Trinajstić information content (AvgIpc) is 2.59. The summed E-state index contributed by atoms with van der Waals surface area (Å²) in [6.45, 7) is 0.629. The lowest BCUT2D eigenvalue weighted by Gasteiger charge is -2.05. The third-order valence-electron chi connectivity index (χ3n) is 2.55. The zero-order valence-corrected chi connectivity index (χ0v) is 8.99. The van der Waals surface area contributed by atoms with E-state index < -0.39 is 4.92 Å². The van der Waals surface area contributed by atoms with E-state index in [0.717, 1.165) is 6.07 Å². The van der Waals surface area contributed by atoms with Gasteiger partial charge in [-0.25, -0.2) is 0 Å². The first-order valence-electron chi connectivity index (χ1n) is 5.15. The minimum absolute atomic E-state index is 0.0149. The van der Waals surface area contributed by atoms with Gasteiger partial charge in [0.1, 0.15) is 0 Å². The van der Waals surface area contributed by atoms with E-state index in [1.165, 1.54) is 0 Å². The van der Waals surface area contributed by atoms with Crippen molar-refractivity contribution in [1.29, 1.82) is 0 Å². The molecule has 0 unspecified atom stereocenters. The van der Waals surface area contributed by atoms with Gasteiger partial charge in [-0.3, -0.25) is 14.7 Å². The second-order valence-corrected chi connectivity index (χ2v) is 3.66. The molecule has 1 aliphatic rings. The number of nitrogens with zero attached hydrogens (tertiary/aromatic N) is 3. The summed E-state index contributed by atoms with van der Waals surface area (Å²) >= 11 is 0. The van der Waals surface area contributed by atoms with E-state index in [4.69, 9.17) is 9.47 Å². The Hall–Kier alpha value is -2.58. The van der Waals surface area contributed by atoms with Gasteiger partial charge in [0.25, 0.3) is 5.52 Å². The summed E-state index contributed by atoms with van der Waals surface area (Å²) in [6.07, 6.45) is 0.586. The Bertz CT molecular complexity index is 637. The number of hydrogen-bond acceptors (Lipinski definition) is 7. The minimum atomic E-state index is -0.639. The zero-order chi connectivity index (χ0) is 12.7. The molecule has 9 heteroatoms. The van der Waals surface area contributed by atoms with Crippen LogP contribution in [0.5, 0.6) is 11.5 Å². The van der Waals surface area contributed by atoms with E-state index in [1.54, 1.807) is 0 Å². The topological polar surface area (TPSA) is 115 Å². The third kappa shape index (κ3) is 1.40. The van der Waals surface area contributed by atoms with Crippen molar-refractivity contribution in [1.82, 2.24) is 5.16 Å². The van der Waals surface area contributed by atoms with Crippen LogP contribution in [0.4, 0.5) is 5.69 Å². The van der Waals surface area contributed by atoms with E-state index in [1.807, 2.05) is 0 Å². The Morgan fingerprint density at radius 3 is 2.78 bits per heavy atom. The van der Waals surface area contributed by atoms with Gasteiger partial charge in [-0.2, -0.15) is 0 Å². The fraction of sp³-hybridized carbons (Fsp3) is 0.333. The van der Waals surface area contributed by atoms with Crippen molar-refractivity contribution in [2.45, 2.75) is 6.42 Å². The number of hydrogen-bond donors (Lipinski definition) is 0. The van der Waals surface area contributed by atoms with Crippen molar-refractivity contribution < 1.29 is 23.9 Å². The van der Waals surface area contributed by atoms with E-state index in [9.17, 15) is 15.3 Å². The second-order valence-electron chi connectivity index (χ2n) is 3.66. The molecule has 94 valence electrons. The standard InChI is InChI=1S/C9H7N3O6/c13-11(14)6-4-5-7(10-18-12(5)15)9-8(6)16-2-1-3-17-9/h4H,1-3H2. The molecular formula is C9H7N3O6. The molecule has 0 atom stereocenters. The van der Waals surface area contributed by atoms with Gasteiger partial charge in [0.2, 0.25) is 17.0 Å². The molecule has 0 amide bonds. The van der Waals surface area contributed by atoms with Crippen LogP contribution in [0.2, 0.25) is 0 Å². The molecule has 0 radical (unpaired) electrons. The fourth-order valence-electron chi connectivity index (χ4n) is 1.77. The number of nitro groups is 1. The van der Waals surface area contributed by atoms with Gasteiger partial charge in [-0.15, -0.1) is 0 Å². The summed E-state index contributed by atoms with van der Waals surface area (Å²) in [6, 6.07) is 1.06. The van der Waals surface area contributed by atoms with Crippen molar-refractivity contribution in [2.24, 2.45) is 0 Å². The van der Waals surface area contributed by atoms with Gasteiger partial charge >= 0.3 is 5.69 Å². The lowest BCUT2D eigenvalue weighted by atomic mass is 10.2. The number of nitro benzene ring substituents is 1. The summed E-state index contributed by atoms with van der Waals surface area (Å²) < 4.78 is 15.1. The van der Waals surface area contributed by atoms with Crippen LogP contribution in [-0.2, 0) is 0 Å². The molecule has 3 rings (SSSR count). The van der Waals surface area contributed by atoms with Crippen LogP contribution in [0.3, 0.4) is 0 Å². The number of aromatic nitrogens is 2. The van der Waals surface area contributed by atoms with Crippen LogP contribution in [0, 0.1) is 15.3 Å². The lowest BCUT2D eigenvalue weighted by molar-refractivity contribution is -0.782. The third-order valence-corrected chi connectivity index (χ3v) is 2.55. The van der Waals surface area contributed by atoms with Crippen molar-refractivity contribution >= 4 is 16.7 Å². The lowest BCUT2D eigenvalue weighted by Crippen LogP contribution is -2.22. The molecule has 0 N–H and O–H groups in total. The summed E-state index contributed by atoms with van der Waals surface area (Å²) in [5.74, 6) is 0.0638. The highest BCUT2D eigenvalue weighted by atomic mass is 16.8. The number of ether oxygens (including phenoxy) is 2. The molecule has 2 aromatic rings. The zero-order valence-electron chi connectivity index (χ0n) is 8.99. The Kier molecular flexibility index (Phi) is 2.18. The smallest absolute Gasteiger partial charge is 0.319 e. The van der Waals surface area contributed by atoms with Gasteiger partial charge in [0.15, 0.2) is 0 Å². The molecule has 1 aliphatic heterocycles. The van der Waals surface area contributed by atoms with Crippen molar-refractivity contribution in [3.8, 4) is 11.5 Å². The first-order chi connectivity index (χ1) is 8.68. The Balaban J connectivity index is 2.36. The largest absolute Gasteiger partial charge is 0.485 e. The molecule has 1 aromatic carbocycles. The maximum absolute atomic E-state index is 11.3. The Morgan fingerprint density at radius 2 is 2.06 bits per heavy atom. The SMILES string of the molecule is O=[N+]([O-])c1cc2c(no[n+]2[O-])c2c1OCCCO2. The number of fused-ring (bicyclic) bond motifs is 3. The minimum Gasteiger partial charge on any atom is -0.485 e. The summed E-state index contributed by atoms with van der Waals surface area (Å²) in [5, 5.41) is 25.8. The predicted octanol–water partition coefficient (Wildman–Crippen LogP) is 0.531. The highest BCUT2D eigenvalue weighted by Gasteiger charge is 2.32. The van der Waals surface area contributed by atoms with E-state index in [-0.39, 0.29) is 33.1 Å². The first kappa shape index (κ1) is 10.6. The van der Waals surface area contributed by atoms with Crippen LogP contribution in [0.1, 0.15) is 6.42 Å². The summed E-state index contributed by atoms with van der Waals surface area (Å²) in [5.41, 5.74) is -0.286. The molecule has 0 saturated carbocycles. The van der Waals surface area contributed by atoms with E-state index >= 15 is 0 Å². The van der Waals surface area contributed by atoms with Crippen LogP contribution >= 0.6 is 0 Å². The highest BCUT2D eigenvalue weighted by Crippen LogP contribution is 2.42. The van der Waals surface area contributed by atoms with Crippen molar-refractivity contribution in [2.75, 3.05) is 13.2 Å². The van der Waals surface area contributed by atoms with Crippen molar-refractivity contribution in [3.05, 3.63) is 21.4 Å². The molecular weight excluding hydrogens is 246 g/mol. The van der Waals surface area contributed by atoms with Gasteiger partial charge in [0, 0.05) is 6.42 Å². The molecule has 0 fully saturated rings. The molecule has 0 spiro atoms. The Morgan fingerprint density at radius 1 is 1.33 bits per heavy atom. The molecule has 9 nitrogen and oxygen atoms in total. The first-order valence-corrected chi connectivity index (χ1v) is 5.15. The monoisotopic (exact) mass is 253 g/mol. The van der Waals surface area contributed by atoms with Gasteiger partial charge in [-0.05, 0) is 4.90 Å². The molecule has 18 heavy (non-hydrogen) atoms. The fourth-order valence-corrected chi connectivity index (χ4v) is 1.77. The normalized spacial score (nSPS) is 14.4. The van der Waals surface area contributed by atoms with Crippen molar-refractivity contribution in [3.63, 3.8) is 0 Å². The van der Waals surface area contributed by atoms with E-state index in [0.29, 0.717) is 19.6 Å². The van der Waals surface area contributed by atoms with Gasteiger partial charge in [0.05, 0.1) is 29.4 Å². The molecule has 0 aliphatic carbocycles. The number of rotatable bonds is 1. The summed E-state index contributed by atoms with van der Waals surface area (Å²) in [4.78, 5) is 10.4. The quantitative estimate of drug-likeness (QED) is 0.413. The average molecular weight is 253 g/mol. The second kappa shape index (κ2) is 3.72. The van der Waals surface area contributed by atoms with Crippen LogP contribution in [-0.4, -0.2) is 23.3 Å². The molecule has 2 heterocycles. The molecule has 0 saturated heterocycles. The maximum atomic E-state index is 11.3. The van der Waals surface area contributed by atoms with E-state index in [2.05, 4.69) is 9.79 Å². The van der Waals surface area contributed by atoms with Gasteiger partial charge < -0.3 is 14.7 Å². The van der Waals surface area contributed by atoms with Crippen LogP contribution in [0.25, 0.3) is 11.0 Å². The highest BCUT2D eigenvalue weighted by molar-refractivity contribution is 5.86. The van der Waals surface area contributed by atoms with Crippen LogP contribution in [0.15, 0.2) is 10.7 Å². The molecule has 1 aromatic heterocycles. The summed E-state index contributed by atoms with van der Waals surface area (Å²) in [7, 11) is 0. The predicted molar refractivity (Wildman–Crippen MR) is 55.2 cm³/mol. The van der Waals surface area contributed by atoms with Gasteiger partial charge in [-0.1, -0.05) is 0 Å². The molecule has 0 bridgehead atoms. The number of benzene rings is 1.